The average Bonchev–Trinajstić information content (AvgIpc) is 2.30. The summed E-state index contributed by atoms with van der Waals surface area (Å²) in [5, 5.41) is 0. The fraction of sp³-hybridized carbons (Fsp3) is 0.700. The molecule has 0 saturated carbocycles. The molecule has 0 spiro atoms. The van der Waals surface area contributed by atoms with Gasteiger partial charge in [-0.05, 0) is 0 Å². The maximum absolute atomic E-state index is 11.5. The van der Waals surface area contributed by atoms with Gasteiger partial charge in [-0.2, -0.15) is 0 Å². The SMILES string of the molecule is COC(=O)CC1CN(C(=O)OC)CCC1=O. The molecule has 1 aliphatic rings. The number of likely N-dealkylation sites (tertiary alicyclic amines) is 1. The molecule has 1 saturated heterocycles. The predicted octanol–water partition coefficient (Wildman–Crippen LogP) is 0.207. The summed E-state index contributed by atoms with van der Waals surface area (Å²) in [7, 11) is 2.56. The quantitative estimate of drug-likeness (QED) is 0.633. The van der Waals surface area contributed by atoms with Gasteiger partial charge in [0, 0.05) is 25.4 Å². The second kappa shape index (κ2) is 5.48. The molecule has 1 atom stereocenters. The molecule has 1 unspecified atom stereocenters. The summed E-state index contributed by atoms with van der Waals surface area (Å²) in [5.74, 6) is -0.920. The van der Waals surface area contributed by atoms with Crippen molar-refractivity contribution in [3.8, 4) is 0 Å². The monoisotopic (exact) mass is 229 g/mol. The van der Waals surface area contributed by atoms with Crippen LogP contribution in [0.5, 0.6) is 0 Å². The third-order valence-electron chi connectivity index (χ3n) is 2.60. The summed E-state index contributed by atoms with van der Waals surface area (Å²) in [4.78, 5) is 35.3. The largest absolute Gasteiger partial charge is 0.469 e. The van der Waals surface area contributed by atoms with E-state index in [0.717, 1.165) is 0 Å². The highest BCUT2D eigenvalue weighted by Gasteiger charge is 2.31. The second-order valence-corrected chi connectivity index (χ2v) is 3.61. The number of ketones is 1. The Bertz CT molecular complexity index is 302. The zero-order valence-electron chi connectivity index (χ0n) is 9.39. The highest BCUT2D eigenvalue weighted by atomic mass is 16.5. The third-order valence-corrected chi connectivity index (χ3v) is 2.60. The summed E-state index contributed by atoms with van der Waals surface area (Å²) in [6.45, 7) is 0.573. The number of esters is 1. The summed E-state index contributed by atoms with van der Waals surface area (Å²) in [5.41, 5.74) is 0. The maximum atomic E-state index is 11.5. The van der Waals surface area contributed by atoms with Crippen molar-refractivity contribution in [3.05, 3.63) is 0 Å². The molecule has 6 heteroatoms. The maximum Gasteiger partial charge on any atom is 0.409 e. The van der Waals surface area contributed by atoms with Crippen molar-refractivity contribution in [1.82, 2.24) is 4.90 Å². The van der Waals surface area contributed by atoms with E-state index in [-0.39, 0.29) is 25.2 Å². The van der Waals surface area contributed by atoms with Gasteiger partial charge in [-0.25, -0.2) is 4.79 Å². The van der Waals surface area contributed by atoms with E-state index in [1.807, 2.05) is 0 Å². The molecule has 0 aliphatic carbocycles. The first-order valence-electron chi connectivity index (χ1n) is 5.01. The zero-order chi connectivity index (χ0) is 12.1. The fourth-order valence-corrected chi connectivity index (χ4v) is 1.67. The van der Waals surface area contributed by atoms with Gasteiger partial charge in [0.05, 0.1) is 20.6 Å². The van der Waals surface area contributed by atoms with Crippen LogP contribution in [0.1, 0.15) is 12.8 Å². The van der Waals surface area contributed by atoms with Gasteiger partial charge in [-0.3, -0.25) is 9.59 Å². The summed E-state index contributed by atoms with van der Waals surface area (Å²) < 4.78 is 9.06. The van der Waals surface area contributed by atoms with Gasteiger partial charge >= 0.3 is 12.1 Å². The Morgan fingerprint density at radius 2 is 2.06 bits per heavy atom. The zero-order valence-corrected chi connectivity index (χ0v) is 9.39. The molecule has 0 aromatic heterocycles. The van der Waals surface area contributed by atoms with Crippen molar-refractivity contribution in [2.75, 3.05) is 27.3 Å². The molecule has 1 rings (SSSR count). The van der Waals surface area contributed by atoms with Crippen molar-refractivity contribution in [1.29, 1.82) is 0 Å². The van der Waals surface area contributed by atoms with Crippen LogP contribution in [0.4, 0.5) is 4.79 Å². The lowest BCUT2D eigenvalue weighted by atomic mass is 9.93. The van der Waals surface area contributed by atoms with Crippen molar-refractivity contribution in [3.63, 3.8) is 0 Å². The Morgan fingerprint density at radius 1 is 1.38 bits per heavy atom. The Hall–Kier alpha value is -1.59. The van der Waals surface area contributed by atoms with Crippen LogP contribution in [0, 0.1) is 5.92 Å². The topological polar surface area (TPSA) is 72.9 Å². The van der Waals surface area contributed by atoms with E-state index in [0.29, 0.717) is 6.54 Å². The average molecular weight is 229 g/mol. The number of methoxy groups -OCH3 is 2. The highest BCUT2D eigenvalue weighted by Crippen LogP contribution is 2.17. The molecule has 1 amide bonds. The first kappa shape index (κ1) is 12.5. The molecule has 0 radical (unpaired) electrons. The van der Waals surface area contributed by atoms with Crippen molar-refractivity contribution < 1.29 is 23.9 Å². The lowest BCUT2D eigenvalue weighted by Gasteiger charge is -2.30. The van der Waals surface area contributed by atoms with Gasteiger partial charge in [0.25, 0.3) is 0 Å². The van der Waals surface area contributed by atoms with Crippen LogP contribution < -0.4 is 0 Å². The first-order valence-corrected chi connectivity index (χ1v) is 5.01. The molecule has 6 nitrogen and oxygen atoms in total. The molecule has 1 fully saturated rings. The number of carbonyl (C=O) groups is 3. The number of Topliss-reactive ketones (excluding diaryl/α,β-unsaturated/α-hetero) is 1. The molecule has 16 heavy (non-hydrogen) atoms. The van der Waals surface area contributed by atoms with E-state index in [1.165, 1.54) is 19.1 Å². The highest BCUT2D eigenvalue weighted by molar-refractivity contribution is 5.87. The fourth-order valence-electron chi connectivity index (χ4n) is 1.67. The second-order valence-electron chi connectivity index (χ2n) is 3.61. The number of amides is 1. The minimum Gasteiger partial charge on any atom is -0.469 e. The predicted molar refractivity (Wildman–Crippen MR) is 53.7 cm³/mol. The normalized spacial score (nSPS) is 20.5. The molecular weight excluding hydrogens is 214 g/mol. The Morgan fingerprint density at radius 3 is 2.62 bits per heavy atom. The van der Waals surface area contributed by atoms with Crippen LogP contribution in [0.25, 0.3) is 0 Å². The van der Waals surface area contributed by atoms with Crippen molar-refractivity contribution >= 4 is 17.8 Å². The Labute approximate surface area is 93.5 Å². The smallest absolute Gasteiger partial charge is 0.409 e. The number of nitrogens with zero attached hydrogens (tertiary/aromatic N) is 1. The molecule has 0 bridgehead atoms. The molecule has 0 aromatic rings. The van der Waals surface area contributed by atoms with Gasteiger partial charge < -0.3 is 14.4 Å². The third kappa shape index (κ3) is 2.95. The molecule has 1 heterocycles. The minimum absolute atomic E-state index is 0.00875. The van der Waals surface area contributed by atoms with E-state index in [4.69, 9.17) is 0 Å². The molecule has 90 valence electrons. The van der Waals surface area contributed by atoms with Gasteiger partial charge in [0.1, 0.15) is 5.78 Å². The van der Waals surface area contributed by atoms with E-state index in [1.54, 1.807) is 0 Å². The lowest BCUT2D eigenvalue weighted by Crippen LogP contribution is -2.44. The number of carbonyl (C=O) groups excluding carboxylic acids is 3. The van der Waals surface area contributed by atoms with E-state index < -0.39 is 18.0 Å². The van der Waals surface area contributed by atoms with E-state index in [9.17, 15) is 14.4 Å². The Kier molecular flexibility index (Phi) is 4.28. The van der Waals surface area contributed by atoms with Gasteiger partial charge in [0.15, 0.2) is 0 Å². The van der Waals surface area contributed by atoms with Crippen LogP contribution in [0.15, 0.2) is 0 Å². The van der Waals surface area contributed by atoms with Crippen LogP contribution in [0.3, 0.4) is 0 Å². The van der Waals surface area contributed by atoms with Crippen molar-refractivity contribution in [2.45, 2.75) is 12.8 Å². The van der Waals surface area contributed by atoms with Gasteiger partial charge in [-0.1, -0.05) is 0 Å². The summed E-state index contributed by atoms with van der Waals surface area (Å²) in [6.07, 6.45) is -0.193. The Balaban J connectivity index is 2.58. The van der Waals surface area contributed by atoms with Crippen LogP contribution in [-0.4, -0.2) is 50.1 Å². The molecule has 0 N–H and O–H groups in total. The van der Waals surface area contributed by atoms with E-state index in [2.05, 4.69) is 9.47 Å². The lowest BCUT2D eigenvalue weighted by molar-refractivity contribution is -0.144. The number of hydrogen-bond acceptors (Lipinski definition) is 5. The number of rotatable bonds is 2. The van der Waals surface area contributed by atoms with Crippen LogP contribution in [-0.2, 0) is 19.1 Å². The number of ether oxygens (including phenoxy) is 2. The standard InChI is InChI=1S/C10H15NO5/c1-15-9(13)5-7-6-11(10(14)16-2)4-3-8(7)12/h7H,3-6H2,1-2H3. The molecular formula is C10H15NO5. The first-order chi connectivity index (χ1) is 7.58. The van der Waals surface area contributed by atoms with Gasteiger partial charge in [-0.15, -0.1) is 0 Å². The molecule has 0 aromatic carbocycles. The van der Waals surface area contributed by atoms with Crippen LogP contribution >= 0.6 is 0 Å². The number of piperidine rings is 1. The van der Waals surface area contributed by atoms with Crippen molar-refractivity contribution in [2.24, 2.45) is 5.92 Å². The minimum atomic E-state index is -0.472. The molecule has 1 aliphatic heterocycles. The van der Waals surface area contributed by atoms with Crippen LogP contribution in [0.2, 0.25) is 0 Å². The van der Waals surface area contributed by atoms with Gasteiger partial charge in [0.2, 0.25) is 0 Å². The van der Waals surface area contributed by atoms with E-state index >= 15 is 0 Å². The number of hydrogen-bond donors (Lipinski definition) is 0. The summed E-state index contributed by atoms with van der Waals surface area (Å²) in [6, 6.07) is 0. The summed E-state index contributed by atoms with van der Waals surface area (Å²) >= 11 is 0.